The molecule has 0 saturated carbocycles. The van der Waals surface area contributed by atoms with Crippen LogP contribution in [-0.2, 0) is 14.3 Å². The Balaban J connectivity index is 2.50. The molecule has 0 aromatic carbocycles. The predicted octanol–water partition coefficient (Wildman–Crippen LogP) is 1.38. The van der Waals surface area contributed by atoms with Crippen molar-refractivity contribution < 1.29 is 19.4 Å². The molecule has 0 bridgehead atoms. The van der Waals surface area contributed by atoms with Crippen molar-refractivity contribution in [1.29, 1.82) is 0 Å². The Hall–Kier alpha value is -1.03. The number of hydrogen-bond donors (Lipinski definition) is 1. The van der Waals surface area contributed by atoms with Gasteiger partial charge in [0.25, 0.3) is 0 Å². The first-order valence-electron chi connectivity index (χ1n) is 5.30. The molecular formula is C11H18O4. The number of carbonyl (C=O) groups excluding carboxylic acids is 1. The number of cyclic esters (lactones) is 1. The smallest absolute Gasteiger partial charge is 0.334 e. The van der Waals surface area contributed by atoms with E-state index in [2.05, 4.69) is 6.92 Å². The van der Waals surface area contributed by atoms with Gasteiger partial charge in [0.2, 0.25) is 0 Å². The van der Waals surface area contributed by atoms with Gasteiger partial charge in [0.1, 0.15) is 11.9 Å². The minimum Gasteiger partial charge on any atom is -0.501 e. The average Bonchev–Trinajstić information content (AvgIpc) is 2.24. The molecule has 4 heteroatoms. The molecule has 0 aromatic rings. The minimum absolute atomic E-state index is 0.432. The molecule has 0 amide bonds. The number of esters is 1. The second kappa shape index (κ2) is 5.75. The Kier molecular flexibility index (Phi) is 4.62. The first kappa shape index (κ1) is 12.0. The van der Waals surface area contributed by atoms with Crippen LogP contribution in [0.1, 0.15) is 32.6 Å². The van der Waals surface area contributed by atoms with E-state index in [9.17, 15) is 9.90 Å². The lowest BCUT2D eigenvalue weighted by Crippen LogP contribution is -2.34. The molecule has 0 radical (unpaired) electrons. The maximum atomic E-state index is 11.1. The van der Waals surface area contributed by atoms with E-state index in [-0.39, 0.29) is 0 Å². The summed E-state index contributed by atoms with van der Waals surface area (Å²) in [4.78, 5) is 11.1. The summed E-state index contributed by atoms with van der Waals surface area (Å²) in [6.07, 6.45) is 3.35. The third kappa shape index (κ3) is 3.55. The summed E-state index contributed by atoms with van der Waals surface area (Å²) in [6, 6.07) is 0. The zero-order valence-electron chi connectivity index (χ0n) is 9.23. The molecule has 1 aliphatic rings. The van der Waals surface area contributed by atoms with Crippen molar-refractivity contribution in [1.82, 2.24) is 0 Å². The summed E-state index contributed by atoms with van der Waals surface area (Å²) < 4.78 is 10.0. The fraction of sp³-hybridized carbons (Fsp3) is 0.727. The fourth-order valence-electron chi connectivity index (χ4n) is 1.57. The number of carbonyl (C=O) groups is 1. The highest BCUT2D eigenvalue weighted by Gasteiger charge is 2.28. The van der Waals surface area contributed by atoms with E-state index in [0.717, 1.165) is 12.8 Å². The van der Waals surface area contributed by atoms with Crippen molar-refractivity contribution >= 4 is 5.97 Å². The van der Waals surface area contributed by atoms with Gasteiger partial charge in [0.15, 0.2) is 0 Å². The molecule has 4 nitrogen and oxygen atoms in total. The fourth-order valence-corrected chi connectivity index (χ4v) is 1.57. The van der Waals surface area contributed by atoms with E-state index in [1.807, 2.05) is 0 Å². The van der Waals surface area contributed by atoms with Crippen LogP contribution in [0.5, 0.6) is 0 Å². The SMILES string of the molecule is CCCCC(O)C1CC(OC)=CC(=O)O1. The summed E-state index contributed by atoms with van der Waals surface area (Å²) >= 11 is 0. The van der Waals surface area contributed by atoms with E-state index in [4.69, 9.17) is 9.47 Å². The summed E-state index contributed by atoms with van der Waals surface area (Å²) in [5.74, 6) is 0.144. The number of ether oxygens (including phenoxy) is 2. The lowest BCUT2D eigenvalue weighted by Gasteiger charge is -2.26. The summed E-state index contributed by atoms with van der Waals surface area (Å²) in [5.41, 5.74) is 0. The van der Waals surface area contributed by atoms with Gasteiger partial charge in [-0.1, -0.05) is 19.8 Å². The zero-order chi connectivity index (χ0) is 11.3. The normalized spacial score (nSPS) is 23.0. The van der Waals surface area contributed by atoms with Crippen LogP contribution in [0.15, 0.2) is 11.8 Å². The van der Waals surface area contributed by atoms with E-state index in [1.165, 1.54) is 13.2 Å². The summed E-state index contributed by atoms with van der Waals surface area (Å²) in [6.45, 7) is 2.06. The number of rotatable bonds is 5. The topological polar surface area (TPSA) is 55.8 Å². The van der Waals surface area contributed by atoms with Crippen molar-refractivity contribution in [2.24, 2.45) is 0 Å². The Morgan fingerprint density at radius 1 is 1.73 bits per heavy atom. The number of unbranched alkanes of at least 4 members (excludes halogenated alkanes) is 1. The van der Waals surface area contributed by atoms with Crippen LogP contribution in [0.4, 0.5) is 0 Å². The van der Waals surface area contributed by atoms with E-state index in [0.29, 0.717) is 18.6 Å². The van der Waals surface area contributed by atoms with Gasteiger partial charge in [0.05, 0.1) is 19.3 Å². The monoisotopic (exact) mass is 214 g/mol. The Morgan fingerprint density at radius 2 is 2.47 bits per heavy atom. The van der Waals surface area contributed by atoms with Crippen molar-refractivity contribution in [2.75, 3.05) is 7.11 Å². The molecule has 1 aliphatic heterocycles. The second-order valence-electron chi connectivity index (χ2n) is 3.70. The molecule has 2 atom stereocenters. The van der Waals surface area contributed by atoms with Gasteiger partial charge in [0, 0.05) is 6.42 Å². The van der Waals surface area contributed by atoms with Crippen molar-refractivity contribution in [3.8, 4) is 0 Å². The van der Waals surface area contributed by atoms with Gasteiger partial charge in [-0.15, -0.1) is 0 Å². The summed E-state index contributed by atoms with van der Waals surface area (Å²) in [7, 11) is 1.51. The Labute approximate surface area is 89.9 Å². The van der Waals surface area contributed by atoms with Gasteiger partial charge in [-0.2, -0.15) is 0 Å². The summed E-state index contributed by atoms with van der Waals surface area (Å²) in [5, 5.41) is 9.78. The zero-order valence-corrected chi connectivity index (χ0v) is 9.23. The standard InChI is InChI=1S/C11H18O4/c1-3-4-5-9(12)10-6-8(14-2)7-11(13)15-10/h7,9-10,12H,3-6H2,1-2H3. The first-order valence-corrected chi connectivity index (χ1v) is 5.30. The lowest BCUT2D eigenvalue weighted by atomic mass is 10.0. The van der Waals surface area contributed by atoms with E-state index in [1.54, 1.807) is 0 Å². The molecule has 1 rings (SSSR count). The second-order valence-corrected chi connectivity index (χ2v) is 3.70. The van der Waals surface area contributed by atoms with Gasteiger partial charge >= 0.3 is 5.97 Å². The molecule has 0 aromatic heterocycles. The van der Waals surface area contributed by atoms with Crippen molar-refractivity contribution in [2.45, 2.75) is 44.8 Å². The highest BCUT2D eigenvalue weighted by molar-refractivity contribution is 5.83. The molecule has 2 unspecified atom stereocenters. The Bertz CT molecular complexity index is 247. The molecule has 1 N–H and O–H groups in total. The third-order valence-electron chi connectivity index (χ3n) is 2.49. The average molecular weight is 214 g/mol. The molecule has 0 spiro atoms. The first-order chi connectivity index (χ1) is 7.17. The number of aliphatic hydroxyl groups is 1. The molecule has 0 saturated heterocycles. The molecule has 86 valence electrons. The van der Waals surface area contributed by atoms with E-state index >= 15 is 0 Å². The lowest BCUT2D eigenvalue weighted by molar-refractivity contribution is -0.152. The highest BCUT2D eigenvalue weighted by Crippen LogP contribution is 2.21. The third-order valence-corrected chi connectivity index (χ3v) is 2.49. The molecule has 0 aliphatic carbocycles. The highest BCUT2D eigenvalue weighted by atomic mass is 16.6. The quantitative estimate of drug-likeness (QED) is 0.702. The maximum Gasteiger partial charge on any atom is 0.334 e. The minimum atomic E-state index is -0.590. The van der Waals surface area contributed by atoms with Crippen LogP contribution in [-0.4, -0.2) is 30.4 Å². The van der Waals surface area contributed by atoms with E-state index < -0.39 is 18.2 Å². The number of aliphatic hydroxyl groups excluding tert-OH is 1. The number of hydrogen-bond acceptors (Lipinski definition) is 4. The van der Waals surface area contributed by atoms with Crippen LogP contribution < -0.4 is 0 Å². The van der Waals surface area contributed by atoms with Crippen LogP contribution in [0.3, 0.4) is 0 Å². The van der Waals surface area contributed by atoms with Crippen molar-refractivity contribution in [3.05, 3.63) is 11.8 Å². The Morgan fingerprint density at radius 3 is 3.07 bits per heavy atom. The van der Waals surface area contributed by atoms with Crippen LogP contribution in [0, 0.1) is 0 Å². The maximum absolute atomic E-state index is 11.1. The van der Waals surface area contributed by atoms with Gasteiger partial charge < -0.3 is 14.6 Å². The van der Waals surface area contributed by atoms with Gasteiger partial charge in [-0.25, -0.2) is 4.79 Å². The molecule has 0 fully saturated rings. The predicted molar refractivity (Wildman–Crippen MR) is 55.1 cm³/mol. The van der Waals surface area contributed by atoms with Crippen molar-refractivity contribution in [3.63, 3.8) is 0 Å². The van der Waals surface area contributed by atoms with Crippen LogP contribution >= 0.6 is 0 Å². The van der Waals surface area contributed by atoms with Crippen LogP contribution in [0.2, 0.25) is 0 Å². The molecule has 15 heavy (non-hydrogen) atoms. The molecule has 1 heterocycles. The van der Waals surface area contributed by atoms with Gasteiger partial charge in [-0.3, -0.25) is 0 Å². The number of methoxy groups -OCH3 is 1. The largest absolute Gasteiger partial charge is 0.501 e. The van der Waals surface area contributed by atoms with Crippen LogP contribution in [0.25, 0.3) is 0 Å². The van der Waals surface area contributed by atoms with Gasteiger partial charge in [-0.05, 0) is 6.42 Å². The molecular weight excluding hydrogens is 196 g/mol.